The lowest BCUT2D eigenvalue weighted by molar-refractivity contribution is -0.155. The highest BCUT2D eigenvalue weighted by Gasteiger charge is 2.48. The lowest BCUT2D eigenvalue weighted by Crippen LogP contribution is -2.37. The molecule has 4 rings (SSSR count). The number of aliphatic hydroxyl groups excluding tert-OH is 2. The molecule has 1 saturated heterocycles. The van der Waals surface area contributed by atoms with Crippen LogP contribution in [0.15, 0.2) is 21.8 Å². The van der Waals surface area contributed by atoms with Gasteiger partial charge in [0, 0.05) is 13.8 Å². The van der Waals surface area contributed by atoms with Crippen molar-refractivity contribution in [3.8, 4) is 5.88 Å². The highest BCUT2D eigenvalue weighted by molar-refractivity contribution is 7.87. The second-order valence-corrected chi connectivity index (χ2v) is 14.2. The Hall–Kier alpha value is -3.44. The molecule has 1 aliphatic heterocycles. The Morgan fingerprint density at radius 1 is 1.07 bits per heavy atom. The topological polar surface area (TPSA) is 196 Å². The quantitative estimate of drug-likeness (QED) is 0.212. The number of esters is 1. The van der Waals surface area contributed by atoms with E-state index in [1.165, 1.54) is 6.92 Å². The van der Waals surface area contributed by atoms with Gasteiger partial charge in [0.1, 0.15) is 21.8 Å². The molecule has 3 aromatic rings. The average molecular weight is 667 g/mol. The molecule has 14 nitrogen and oxygen atoms in total. The minimum absolute atomic E-state index is 0.0144. The summed E-state index contributed by atoms with van der Waals surface area (Å²) in [6, 6.07) is 3.69. The third-order valence-corrected chi connectivity index (χ3v) is 9.57. The summed E-state index contributed by atoms with van der Waals surface area (Å²) in [6.07, 6.45) is -5.61. The molecule has 1 aromatic carbocycles. The number of carbonyl (C=O) groups is 2. The third-order valence-electron chi connectivity index (χ3n) is 7.29. The van der Waals surface area contributed by atoms with E-state index in [1.54, 1.807) is 0 Å². The Kier molecular flexibility index (Phi) is 10.0. The van der Waals surface area contributed by atoms with Crippen molar-refractivity contribution in [1.82, 2.24) is 14.5 Å². The van der Waals surface area contributed by atoms with Crippen molar-refractivity contribution in [2.24, 2.45) is 0 Å². The molecule has 0 saturated carbocycles. The van der Waals surface area contributed by atoms with Crippen LogP contribution in [0.1, 0.15) is 96.1 Å². The van der Waals surface area contributed by atoms with E-state index in [0.29, 0.717) is 22.5 Å². The Balaban J connectivity index is 1.95. The molecule has 1 aliphatic rings. The van der Waals surface area contributed by atoms with Gasteiger partial charge in [-0.15, -0.1) is 0 Å². The summed E-state index contributed by atoms with van der Waals surface area (Å²) in [6.45, 7) is 13.2. The van der Waals surface area contributed by atoms with E-state index < -0.39 is 63.9 Å². The highest BCUT2D eigenvalue weighted by atomic mass is 32.2. The summed E-state index contributed by atoms with van der Waals surface area (Å²) in [5.74, 6) is -2.54. The van der Waals surface area contributed by atoms with E-state index in [4.69, 9.17) is 13.7 Å². The molecule has 0 bridgehead atoms. The highest BCUT2D eigenvalue weighted by Crippen LogP contribution is 2.39. The zero-order chi connectivity index (χ0) is 33.5. The number of benzene rings is 1. The van der Waals surface area contributed by atoms with Crippen LogP contribution in [-0.4, -0.2) is 70.0 Å². The maximum atomic E-state index is 14.2. The summed E-state index contributed by atoms with van der Waals surface area (Å²) in [4.78, 5) is 44.9. The molecule has 0 spiro atoms. The zero-order valence-electron chi connectivity index (χ0n) is 26.2. The van der Waals surface area contributed by atoms with Crippen molar-refractivity contribution in [3.05, 3.63) is 38.5 Å². The fourth-order valence-corrected chi connectivity index (χ4v) is 7.61. The number of aromatic nitrogens is 3. The molecule has 0 aliphatic carbocycles. The summed E-state index contributed by atoms with van der Waals surface area (Å²) >= 11 is 0.530. The summed E-state index contributed by atoms with van der Waals surface area (Å²) in [7, 11) is -4.60. The summed E-state index contributed by atoms with van der Waals surface area (Å²) in [5, 5.41) is 22.8. The van der Waals surface area contributed by atoms with Crippen LogP contribution in [0.5, 0.6) is 5.88 Å². The second-order valence-electron chi connectivity index (χ2n) is 11.8. The van der Waals surface area contributed by atoms with E-state index in [2.05, 4.69) is 15.3 Å². The van der Waals surface area contributed by atoms with E-state index in [-0.39, 0.29) is 38.9 Å². The first-order valence-electron chi connectivity index (χ1n) is 14.4. The van der Waals surface area contributed by atoms with Crippen molar-refractivity contribution in [2.45, 2.75) is 103 Å². The van der Waals surface area contributed by atoms with Crippen molar-refractivity contribution in [1.29, 1.82) is 0 Å². The normalized spacial score (nSPS) is 20.4. The van der Waals surface area contributed by atoms with Crippen LogP contribution in [0, 0.1) is 0 Å². The Bertz CT molecular complexity index is 1750. The minimum Gasteiger partial charge on any atom is -0.455 e. The molecule has 45 heavy (non-hydrogen) atoms. The SMILES string of the molecule is CC(=O)Nc1nc(OS(=O)(=O)c2c(C(C)C)cc(C(C)C)cc2C(C)C)c2sc(=O)n([C@@H]3O[C@H](CO)[C@@H](O)[C@H]3OC(C)=O)c2n1. The molecule has 0 unspecified atom stereocenters. The molecular formula is C29H38N4O10S2. The summed E-state index contributed by atoms with van der Waals surface area (Å²) < 4.78 is 45.8. The maximum absolute atomic E-state index is 14.2. The average Bonchev–Trinajstić information content (AvgIpc) is 3.41. The first kappa shape index (κ1) is 34.4. The number of hydrogen-bond acceptors (Lipinski definition) is 13. The van der Waals surface area contributed by atoms with Gasteiger partial charge in [-0.1, -0.05) is 65.0 Å². The molecule has 2 aromatic heterocycles. The molecular weight excluding hydrogens is 628 g/mol. The van der Waals surface area contributed by atoms with Gasteiger partial charge in [-0.3, -0.25) is 24.3 Å². The van der Waals surface area contributed by atoms with Crippen LogP contribution in [0.2, 0.25) is 0 Å². The van der Waals surface area contributed by atoms with Gasteiger partial charge in [0.25, 0.3) is 5.88 Å². The smallest absolute Gasteiger partial charge is 0.341 e. The largest absolute Gasteiger partial charge is 0.455 e. The number of nitrogens with zero attached hydrogens (tertiary/aromatic N) is 3. The van der Waals surface area contributed by atoms with E-state index in [1.807, 2.05) is 53.7 Å². The Labute approximate surface area is 264 Å². The lowest BCUT2D eigenvalue weighted by Gasteiger charge is -2.22. The predicted octanol–water partition coefficient (Wildman–Crippen LogP) is 3.13. The number of amides is 1. The first-order valence-corrected chi connectivity index (χ1v) is 16.6. The van der Waals surface area contributed by atoms with E-state index in [9.17, 15) is 33.0 Å². The fourth-order valence-electron chi connectivity index (χ4n) is 5.11. The minimum atomic E-state index is -4.60. The second kappa shape index (κ2) is 13.1. The standard InChI is InChI=1S/C29H38N4O10S2/c1-12(2)17-9-18(13(3)4)24(19(10-17)14(5)6)45(39,40)43-26-23-25(31-28(32-26)30-15(7)35)33(29(38)44-23)27-22(41-16(8)36)21(37)20(11-34)42-27/h9-10,12-14,20-22,27,34,37H,11H2,1-8H3,(H,30,31,32,35)/t20-,21-,22-,27-/m1/s1. The molecule has 16 heteroatoms. The first-order chi connectivity index (χ1) is 21.0. The van der Waals surface area contributed by atoms with Gasteiger partial charge in [-0.05, 0) is 34.4 Å². The predicted molar refractivity (Wildman–Crippen MR) is 165 cm³/mol. The van der Waals surface area contributed by atoms with Crippen LogP contribution < -0.4 is 14.4 Å². The Morgan fingerprint density at radius 2 is 1.67 bits per heavy atom. The zero-order valence-corrected chi connectivity index (χ0v) is 27.9. The molecule has 1 amide bonds. The number of carbonyl (C=O) groups excluding carboxylic acids is 2. The number of hydrogen-bond donors (Lipinski definition) is 3. The number of thiazole rings is 1. The number of nitrogens with one attached hydrogen (secondary N) is 1. The molecule has 4 atom stereocenters. The third kappa shape index (κ3) is 6.89. The lowest BCUT2D eigenvalue weighted by atomic mass is 9.89. The number of aliphatic hydroxyl groups is 2. The molecule has 3 N–H and O–H groups in total. The molecule has 1 fully saturated rings. The van der Waals surface area contributed by atoms with E-state index >= 15 is 0 Å². The molecule has 246 valence electrons. The maximum Gasteiger partial charge on any atom is 0.341 e. The molecule has 0 radical (unpaired) electrons. The van der Waals surface area contributed by atoms with Crippen molar-refractivity contribution in [2.75, 3.05) is 11.9 Å². The monoisotopic (exact) mass is 666 g/mol. The van der Waals surface area contributed by atoms with Crippen LogP contribution in [0.4, 0.5) is 5.95 Å². The van der Waals surface area contributed by atoms with Gasteiger partial charge in [0.15, 0.2) is 18.0 Å². The number of rotatable bonds is 10. The van der Waals surface area contributed by atoms with Gasteiger partial charge in [-0.2, -0.15) is 18.4 Å². The van der Waals surface area contributed by atoms with Gasteiger partial charge >= 0.3 is 21.0 Å². The Morgan fingerprint density at radius 3 is 2.16 bits per heavy atom. The van der Waals surface area contributed by atoms with Crippen molar-refractivity contribution < 1.29 is 41.9 Å². The fraction of sp³-hybridized carbons (Fsp3) is 0.552. The van der Waals surface area contributed by atoms with Crippen molar-refractivity contribution in [3.63, 3.8) is 0 Å². The van der Waals surface area contributed by atoms with Crippen LogP contribution in [0.25, 0.3) is 10.3 Å². The van der Waals surface area contributed by atoms with E-state index in [0.717, 1.165) is 17.1 Å². The number of anilines is 1. The van der Waals surface area contributed by atoms with Crippen LogP contribution in [-0.2, 0) is 29.2 Å². The van der Waals surface area contributed by atoms with Crippen molar-refractivity contribution >= 4 is 49.6 Å². The van der Waals surface area contributed by atoms with Crippen LogP contribution >= 0.6 is 11.3 Å². The van der Waals surface area contributed by atoms with Crippen LogP contribution in [0.3, 0.4) is 0 Å². The van der Waals surface area contributed by atoms with Gasteiger partial charge in [0.2, 0.25) is 11.9 Å². The number of fused-ring (bicyclic) bond motifs is 1. The summed E-state index contributed by atoms with van der Waals surface area (Å²) in [5.41, 5.74) is 1.85. The van der Waals surface area contributed by atoms with Gasteiger partial charge in [0.05, 0.1) is 6.61 Å². The van der Waals surface area contributed by atoms with Gasteiger partial charge in [-0.25, -0.2) is 0 Å². The van der Waals surface area contributed by atoms with Gasteiger partial charge < -0.3 is 23.9 Å². The number of ether oxygens (including phenoxy) is 2. The molecule has 3 heterocycles.